The number of amides is 1. The Morgan fingerprint density at radius 3 is 2.82 bits per heavy atom. The lowest BCUT2D eigenvalue weighted by molar-refractivity contribution is -0.120. The molecule has 0 bridgehead atoms. The lowest BCUT2D eigenvalue weighted by Crippen LogP contribution is -2.25. The van der Waals surface area contributed by atoms with E-state index in [0.29, 0.717) is 42.8 Å². The summed E-state index contributed by atoms with van der Waals surface area (Å²) < 4.78 is 12.8. The Kier molecular flexibility index (Phi) is 5.43. The minimum atomic E-state index is -0.0942. The van der Waals surface area contributed by atoms with Gasteiger partial charge in [0.05, 0.1) is 18.0 Å². The standard InChI is InChI=1S/C20H19ClN4O3/c21-17-7-14(8-18-20(17)28-6-5-27-18)9-19(26)23-10-15-3-1-2-4-16(15)11-25-13-22-12-24-25/h1-4,7-8,12-13H,5-6,9-11H2,(H,23,26). The maximum absolute atomic E-state index is 12.4. The molecule has 1 aliphatic rings. The molecule has 1 aromatic heterocycles. The summed E-state index contributed by atoms with van der Waals surface area (Å²) in [6.07, 6.45) is 3.38. The van der Waals surface area contributed by atoms with Crippen molar-refractivity contribution in [1.82, 2.24) is 20.1 Å². The van der Waals surface area contributed by atoms with Crippen molar-refractivity contribution in [2.45, 2.75) is 19.5 Å². The molecule has 0 fully saturated rings. The molecule has 8 heteroatoms. The second-order valence-corrected chi connectivity index (χ2v) is 6.82. The number of ether oxygens (including phenoxy) is 2. The van der Waals surface area contributed by atoms with E-state index in [1.165, 1.54) is 6.33 Å². The molecule has 0 radical (unpaired) electrons. The van der Waals surface area contributed by atoms with Crippen molar-refractivity contribution < 1.29 is 14.3 Å². The van der Waals surface area contributed by atoms with E-state index in [9.17, 15) is 4.79 Å². The number of carbonyl (C=O) groups excluding carboxylic acids is 1. The molecule has 1 aliphatic heterocycles. The maximum Gasteiger partial charge on any atom is 0.224 e. The van der Waals surface area contributed by atoms with Crippen LogP contribution in [-0.2, 0) is 24.3 Å². The van der Waals surface area contributed by atoms with E-state index in [2.05, 4.69) is 15.4 Å². The normalized spacial score (nSPS) is 12.6. The molecule has 7 nitrogen and oxygen atoms in total. The number of hydrogen-bond donors (Lipinski definition) is 1. The first kappa shape index (κ1) is 18.3. The van der Waals surface area contributed by atoms with Gasteiger partial charge >= 0.3 is 0 Å². The average Bonchev–Trinajstić information content (AvgIpc) is 3.20. The zero-order valence-corrected chi connectivity index (χ0v) is 15.9. The van der Waals surface area contributed by atoms with Gasteiger partial charge in [-0.3, -0.25) is 4.79 Å². The zero-order chi connectivity index (χ0) is 19.3. The second-order valence-electron chi connectivity index (χ2n) is 6.42. The molecule has 0 aliphatic carbocycles. The van der Waals surface area contributed by atoms with Gasteiger partial charge < -0.3 is 14.8 Å². The first-order chi connectivity index (χ1) is 13.7. The number of rotatable bonds is 6. The van der Waals surface area contributed by atoms with Crippen molar-refractivity contribution in [3.8, 4) is 11.5 Å². The van der Waals surface area contributed by atoms with E-state index < -0.39 is 0 Å². The summed E-state index contributed by atoms with van der Waals surface area (Å²) in [6, 6.07) is 11.5. The largest absolute Gasteiger partial charge is 0.486 e. The van der Waals surface area contributed by atoms with E-state index in [0.717, 1.165) is 16.7 Å². The SMILES string of the molecule is O=C(Cc1cc(Cl)c2c(c1)OCCO2)NCc1ccccc1Cn1cncn1. The summed E-state index contributed by atoms with van der Waals surface area (Å²) in [5, 5.41) is 7.55. The Labute approximate surface area is 167 Å². The first-order valence-corrected chi connectivity index (χ1v) is 9.31. The minimum Gasteiger partial charge on any atom is -0.486 e. The molecule has 0 saturated carbocycles. The molecule has 3 aromatic rings. The van der Waals surface area contributed by atoms with Crippen molar-refractivity contribution in [3.63, 3.8) is 0 Å². The molecule has 2 heterocycles. The van der Waals surface area contributed by atoms with Crippen molar-refractivity contribution in [3.05, 3.63) is 70.8 Å². The third-order valence-electron chi connectivity index (χ3n) is 4.41. The minimum absolute atomic E-state index is 0.0942. The van der Waals surface area contributed by atoms with Crippen LogP contribution in [0.2, 0.25) is 5.02 Å². The highest BCUT2D eigenvalue weighted by molar-refractivity contribution is 6.32. The number of benzene rings is 2. The Balaban J connectivity index is 1.40. The van der Waals surface area contributed by atoms with Crippen LogP contribution in [-0.4, -0.2) is 33.9 Å². The topological polar surface area (TPSA) is 78.3 Å². The molecule has 1 amide bonds. The number of aromatic nitrogens is 3. The highest BCUT2D eigenvalue weighted by Gasteiger charge is 2.17. The van der Waals surface area contributed by atoms with Gasteiger partial charge in [-0.05, 0) is 28.8 Å². The highest BCUT2D eigenvalue weighted by atomic mass is 35.5. The van der Waals surface area contributed by atoms with Gasteiger partial charge in [-0.25, -0.2) is 9.67 Å². The molecule has 2 aromatic carbocycles. The Morgan fingerprint density at radius 2 is 2.00 bits per heavy atom. The second kappa shape index (κ2) is 8.31. The molecular weight excluding hydrogens is 380 g/mol. The fourth-order valence-corrected chi connectivity index (χ4v) is 3.37. The molecular formula is C20H19ClN4O3. The fourth-order valence-electron chi connectivity index (χ4n) is 3.08. The van der Waals surface area contributed by atoms with Crippen molar-refractivity contribution in [1.29, 1.82) is 0 Å². The quantitative estimate of drug-likeness (QED) is 0.690. The summed E-state index contributed by atoms with van der Waals surface area (Å²) in [5.74, 6) is 1.03. The van der Waals surface area contributed by atoms with Gasteiger partial charge in [0.1, 0.15) is 25.9 Å². The maximum atomic E-state index is 12.4. The van der Waals surface area contributed by atoms with E-state index in [4.69, 9.17) is 21.1 Å². The van der Waals surface area contributed by atoms with Crippen LogP contribution >= 0.6 is 11.6 Å². The van der Waals surface area contributed by atoms with Gasteiger partial charge in [-0.1, -0.05) is 35.9 Å². The van der Waals surface area contributed by atoms with Gasteiger partial charge in [-0.15, -0.1) is 0 Å². The Morgan fingerprint density at radius 1 is 1.18 bits per heavy atom. The molecule has 0 atom stereocenters. The van der Waals surface area contributed by atoms with Crippen LogP contribution in [0.25, 0.3) is 0 Å². The first-order valence-electron chi connectivity index (χ1n) is 8.93. The highest BCUT2D eigenvalue weighted by Crippen LogP contribution is 2.38. The summed E-state index contributed by atoms with van der Waals surface area (Å²) >= 11 is 6.24. The number of carbonyl (C=O) groups is 1. The molecule has 0 saturated heterocycles. The number of nitrogens with one attached hydrogen (secondary N) is 1. The monoisotopic (exact) mass is 398 g/mol. The van der Waals surface area contributed by atoms with Crippen LogP contribution in [0.5, 0.6) is 11.5 Å². The van der Waals surface area contributed by atoms with E-state index in [1.54, 1.807) is 23.1 Å². The number of nitrogens with zero attached hydrogens (tertiary/aromatic N) is 3. The van der Waals surface area contributed by atoms with Crippen molar-refractivity contribution in [2.24, 2.45) is 0 Å². The fraction of sp³-hybridized carbons (Fsp3) is 0.250. The summed E-state index contributed by atoms with van der Waals surface area (Å²) in [5.41, 5.74) is 2.89. The van der Waals surface area contributed by atoms with Crippen LogP contribution in [0.4, 0.5) is 0 Å². The average molecular weight is 399 g/mol. The van der Waals surface area contributed by atoms with E-state index >= 15 is 0 Å². The van der Waals surface area contributed by atoms with Crippen molar-refractivity contribution in [2.75, 3.05) is 13.2 Å². The molecule has 4 rings (SSSR count). The smallest absolute Gasteiger partial charge is 0.224 e. The molecule has 0 unspecified atom stereocenters. The van der Waals surface area contributed by atoms with Crippen LogP contribution < -0.4 is 14.8 Å². The molecule has 0 spiro atoms. The predicted octanol–water partition coefficient (Wildman–Crippen LogP) is 2.61. The van der Waals surface area contributed by atoms with Gasteiger partial charge in [0.2, 0.25) is 5.91 Å². The van der Waals surface area contributed by atoms with Gasteiger partial charge in [0, 0.05) is 6.54 Å². The van der Waals surface area contributed by atoms with Gasteiger partial charge in [0.15, 0.2) is 11.5 Å². The lowest BCUT2D eigenvalue weighted by atomic mass is 10.1. The van der Waals surface area contributed by atoms with Gasteiger partial charge in [-0.2, -0.15) is 5.10 Å². The van der Waals surface area contributed by atoms with E-state index in [-0.39, 0.29) is 12.3 Å². The number of hydrogen-bond acceptors (Lipinski definition) is 5. The van der Waals surface area contributed by atoms with Crippen molar-refractivity contribution >= 4 is 17.5 Å². The van der Waals surface area contributed by atoms with Crippen LogP contribution in [0.1, 0.15) is 16.7 Å². The Bertz CT molecular complexity index is 976. The van der Waals surface area contributed by atoms with E-state index in [1.807, 2.05) is 24.3 Å². The third-order valence-corrected chi connectivity index (χ3v) is 4.70. The molecule has 28 heavy (non-hydrogen) atoms. The van der Waals surface area contributed by atoms with Crippen LogP contribution in [0.15, 0.2) is 49.1 Å². The lowest BCUT2D eigenvalue weighted by Gasteiger charge is -2.20. The van der Waals surface area contributed by atoms with Crippen LogP contribution in [0.3, 0.4) is 0 Å². The molecule has 144 valence electrons. The molecule has 1 N–H and O–H groups in total. The number of halogens is 1. The Hall–Kier alpha value is -3.06. The predicted molar refractivity (Wildman–Crippen MR) is 104 cm³/mol. The summed E-state index contributed by atoms with van der Waals surface area (Å²) in [6.45, 7) is 1.98. The zero-order valence-electron chi connectivity index (χ0n) is 15.1. The van der Waals surface area contributed by atoms with Crippen LogP contribution in [0, 0.1) is 0 Å². The third kappa shape index (κ3) is 4.26. The van der Waals surface area contributed by atoms with Gasteiger partial charge in [0.25, 0.3) is 0 Å². The summed E-state index contributed by atoms with van der Waals surface area (Å²) in [4.78, 5) is 16.4. The number of fused-ring (bicyclic) bond motifs is 1. The summed E-state index contributed by atoms with van der Waals surface area (Å²) in [7, 11) is 0.